The Hall–Kier alpha value is -3.35. The summed E-state index contributed by atoms with van der Waals surface area (Å²) < 4.78 is 10.5. The minimum atomic E-state index is -0.220. The highest BCUT2D eigenvalue weighted by Gasteiger charge is 2.22. The molecule has 0 saturated carbocycles. The maximum Gasteiger partial charge on any atom is 0.258 e. The van der Waals surface area contributed by atoms with Gasteiger partial charge in [0.1, 0.15) is 5.82 Å². The first-order valence-electron chi connectivity index (χ1n) is 8.95. The molecule has 0 radical (unpaired) electrons. The molecule has 2 aromatic carbocycles. The van der Waals surface area contributed by atoms with Crippen LogP contribution >= 0.6 is 0 Å². The minimum absolute atomic E-state index is 0.0997. The molecule has 0 unspecified atom stereocenters. The van der Waals surface area contributed by atoms with E-state index >= 15 is 0 Å². The maximum absolute atomic E-state index is 13.1. The van der Waals surface area contributed by atoms with E-state index < -0.39 is 0 Å². The zero-order valence-corrected chi connectivity index (χ0v) is 16.4. The van der Waals surface area contributed by atoms with Gasteiger partial charge < -0.3 is 19.4 Å². The molecule has 7 heteroatoms. The van der Waals surface area contributed by atoms with Crippen LogP contribution in [0.2, 0.25) is 0 Å². The van der Waals surface area contributed by atoms with E-state index in [4.69, 9.17) is 9.47 Å². The summed E-state index contributed by atoms with van der Waals surface area (Å²) in [7, 11) is 3.07. The molecule has 0 aliphatic rings. The molecule has 0 atom stereocenters. The largest absolute Gasteiger partial charge is 0.493 e. The molecule has 146 valence electrons. The van der Waals surface area contributed by atoms with E-state index in [0.29, 0.717) is 33.8 Å². The van der Waals surface area contributed by atoms with Gasteiger partial charge in [-0.25, -0.2) is 4.98 Å². The summed E-state index contributed by atoms with van der Waals surface area (Å²) in [5.74, 6) is 1.28. The third-order valence-corrected chi connectivity index (χ3v) is 4.50. The SMILES string of the molecule is COc1ccc(C(=O)N(Cc2nc3ccccc3c(=O)[nH]2)C(C)C)cc1OC. The average Bonchev–Trinajstić information content (AvgIpc) is 2.70. The number of benzene rings is 2. The number of methoxy groups -OCH3 is 2. The standard InChI is InChI=1S/C21H23N3O4/c1-13(2)24(21(26)14-9-10-17(27-3)18(11-14)28-4)12-19-22-16-8-6-5-7-15(16)20(25)23-19/h5-11,13H,12H2,1-4H3,(H,22,23,25). The van der Waals surface area contributed by atoms with Crippen molar-refractivity contribution in [3.63, 3.8) is 0 Å². The van der Waals surface area contributed by atoms with Crippen LogP contribution in [0.1, 0.15) is 30.0 Å². The molecule has 1 heterocycles. The molecule has 0 aliphatic carbocycles. The lowest BCUT2D eigenvalue weighted by Crippen LogP contribution is -2.37. The summed E-state index contributed by atoms with van der Waals surface area (Å²) in [6, 6.07) is 12.1. The zero-order chi connectivity index (χ0) is 20.3. The first-order valence-corrected chi connectivity index (χ1v) is 8.95. The van der Waals surface area contributed by atoms with Crippen LogP contribution < -0.4 is 15.0 Å². The van der Waals surface area contributed by atoms with Crippen LogP contribution in [0, 0.1) is 0 Å². The van der Waals surface area contributed by atoms with Crippen molar-refractivity contribution in [1.29, 1.82) is 0 Å². The van der Waals surface area contributed by atoms with Crippen molar-refractivity contribution in [2.24, 2.45) is 0 Å². The van der Waals surface area contributed by atoms with E-state index in [1.54, 1.807) is 48.4 Å². The summed E-state index contributed by atoms with van der Waals surface area (Å²) in [6.45, 7) is 4.01. The molecular weight excluding hydrogens is 358 g/mol. The summed E-state index contributed by atoms with van der Waals surface area (Å²) in [4.78, 5) is 34.4. The van der Waals surface area contributed by atoms with Crippen LogP contribution in [0.5, 0.6) is 11.5 Å². The summed E-state index contributed by atoms with van der Waals surface area (Å²) in [5.41, 5.74) is 0.848. The summed E-state index contributed by atoms with van der Waals surface area (Å²) in [6.07, 6.45) is 0. The van der Waals surface area contributed by atoms with E-state index in [0.717, 1.165) is 0 Å². The number of carbonyl (C=O) groups excluding carboxylic acids is 1. The number of rotatable bonds is 6. The Morgan fingerprint density at radius 1 is 1.11 bits per heavy atom. The smallest absolute Gasteiger partial charge is 0.258 e. The molecule has 0 fully saturated rings. The van der Waals surface area contributed by atoms with Crippen molar-refractivity contribution in [3.8, 4) is 11.5 Å². The van der Waals surface area contributed by atoms with E-state index in [9.17, 15) is 9.59 Å². The Labute approximate surface area is 162 Å². The van der Waals surface area contributed by atoms with Gasteiger partial charge in [0.2, 0.25) is 0 Å². The molecule has 0 saturated heterocycles. The molecule has 0 bridgehead atoms. The number of amides is 1. The maximum atomic E-state index is 13.1. The van der Waals surface area contributed by atoms with Crippen LogP contribution in [0.15, 0.2) is 47.3 Å². The van der Waals surface area contributed by atoms with E-state index in [1.165, 1.54) is 7.11 Å². The van der Waals surface area contributed by atoms with Crippen LogP contribution in [-0.4, -0.2) is 41.0 Å². The van der Waals surface area contributed by atoms with Crippen molar-refractivity contribution in [2.45, 2.75) is 26.4 Å². The second kappa shape index (κ2) is 8.12. The van der Waals surface area contributed by atoms with Gasteiger partial charge in [-0.1, -0.05) is 12.1 Å². The number of ether oxygens (including phenoxy) is 2. The molecule has 1 amide bonds. The van der Waals surface area contributed by atoms with Crippen molar-refractivity contribution in [1.82, 2.24) is 14.9 Å². The molecule has 28 heavy (non-hydrogen) atoms. The van der Waals surface area contributed by atoms with Gasteiger partial charge in [0.25, 0.3) is 11.5 Å². The highest BCUT2D eigenvalue weighted by atomic mass is 16.5. The third kappa shape index (κ3) is 3.83. The van der Waals surface area contributed by atoms with E-state index in [2.05, 4.69) is 9.97 Å². The van der Waals surface area contributed by atoms with Crippen molar-refractivity contribution in [3.05, 3.63) is 64.2 Å². The first-order chi connectivity index (χ1) is 13.4. The van der Waals surface area contributed by atoms with Crippen LogP contribution in [0.3, 0.4) is 0 Å². The van der Waals surface area contributed by atoms with Gasteiger partial charge in [-0.15, -0.1) is 0 Å². The third-order valence-electron chi connectivity index (χ3n) is 4.50. The molecule has 1 N–H and O–H groups in total. The number of H-pyrrole nitrogens is 1. The summed E-state index contributed by atoms with van der Waals surface area (Å²) >= 11 is 0. The number of aromatic amines is 1. The van der Waals surface area contributed by atoms with Gasteiger partial charge in [-0.05, 0) is 44.2 Å². The van der Waals surface area contributed by atoms with Crippen molar-refractivity contribution < 1.29 is 14.3 Å². The fraction of sp³-hybridized carbons (Fsp3) is 0.286. The monoisotopic (exact) mass is 381 g/mol. The minimum Gasteiger partial charge on any atom is -0.493 e. The Bertz CT molecular complexity index is 1060. The number of nitrogens with one attached hydrogen (secondary N) is 1. The lowest BCUT2D eigenvalue weighted by atomic mass is 10.1. The van der Waals surface area contributed by atoms with Gasteiger partial charge in [0, 0.05) is 11.6 Å². The zero-order valence-electron chi connectivity index (χ0n) is 16.4. The fourth-order valence-corrected chi connectivity index (χ4v) is 3.00. The quantitative estimate of drug-likeness (QED) is 0.710. The van der Waals surface area contributed by atoms with Gasteiger partial charge in [-0.3, -0.25) is 9.59 Å². The van der Waals surface area contributed by atoms with Crippen molar-refractivity contribution in [2.75, 3.05) is 14.2 Å². The number of aromatic nitrogens is 2. The van der Waals surface area contributed by atoms with E-state index in [1.807, 2.05) is 19.9 Å². The fourth-order valence-electron chi connectivity index (χ4n) is 3.00. The molecule has 0 aliphatic heterocycles. The highest BCUT2D eigenvalue weighted by molar-refractivity contribution is 5.95. The topological polar surface area (TPSA) is 84.5 Å². The lowest BCUT2D eigenvalue weighted by molar-refractivity contribution is 0.0684. The number of para-hydroxylation sites is 1. The van der Waals surface area contributed by atoms with Crippen LogP contribution in [0.25, 0.3) is 10.9 Å². The number of hydrogen-bond donors (Lipinski definition) is 1. The van der Waals surface area contributed by atoms with Gasteiger partial charge in [0.15, 0.2) is 11.5 Å². The molecule has 3 aromatic rings. The molecule has 1 aromatic heterocycles. The number of hydrogen-bond acceptors (Lipinski definition) is 5. The van der Waals surface area contributed by atoms with Gasteiger partial charge in [-0.2, -0.15) is 0 Å². The Balaban J connectivity index is 1.94. The van der Waals surface area contributed by atoms with Gasteiger partial charge in [0.05, 0.1) is 31.7 Å². The van der Waals surface area contributed by atoms with E-state index in [-0.39, 0.29) is 24.1 Å². The number of carbonyl (C=O) groups is 1. The number of fused-ring (bicyclic) bond motifs is 1. The van der Waals surface area contributed by atoms with Crippen LogP contribution in [-0.2, 0) is 6.54 Å². The van der Waals surface area contributed by atoms with Crippen molar-refractivity contribution >= 4 is 16.8 Å². The predicted octanol–water partition coefficient (Wildman–Crippen LogP) is 2.99. The second-order valence-corrected chi connectivity index (χ2v) is 6.63. The summed E-state index contributed by atoms with van der Waals surface area (Å²) in [5, 5.41) is 0.522. The molecular formula is C21H23N3O4. The number of nitrogens with zero attached hydrogens (tertiary/aromatic N) is 2. The Morgan fingerprint density at radius 2 is 1.82 bits per heavy atom. The highest BCUT2D eigenvalue weighted by Crippen LogP contribution is 2.28. The first kappa shape index (κ1) is 19.4. The average molecular weight is 381 g/mol. The molecule has 7 nitrogen and oxygen atoms in total. The Kier molecular flexibility index (Phi) is 5.63. The second-order valence-electron chi connectivity index (χ2n) is 6.63. The molecule has 0 spiro atoms. The van der Waals surface area contributed by atoms with Crippen LogP contribution in [0.4, 0.5) is 0 Å². The predicted molar refractivity (Wildman–Crippen MR) is 107 cm³/mol. The normalized spacial score (nSPS) is 10.9. The van der Waals surface area contributed by atoms with Gasteiger partial charge >= 0.3 is 0 Å². The Morgan fingerprint density at radius 3 is 2.50 bits per heavy atom. The lowest BCUT2D eigenvalue weighted by Gasteiger charge is -2.26. The molecule has 3 rings (SSSR count).